The van der Waals surface area contributed by atoms with Crippen molar-refractivity contribution in [3.8, 4) is 0 Å². The zero-order valence-corrected chi connectivity index (χ0v) is 11.0. The van der Waals surface area contributed by atoms with E-state index in [1.807, 2.05) is 6.92 Å². The minimum absolute atomic E-state index is 0.183. The third-order valence-corrected chi connectivity index (χ3v) is 2.52. The van der Waals surface area contributed by atoms with Crippen molar-refractivity contribution in [2.24, 2.45) is 5.73 Å². The van der Waals surface area contributed by atoms with E-state index in [2.05, 4.69) is 41.3 Å². The lowest BCUT2D eigenvalue weighted by Gasteiger charge is -2.10. The average Bonchev–Trinajstić information content (AvgIpc) is 2.29. The van der Waals surface area contributed by atoms with Crippen molar-refractivity contribution in [2.75, 3.05) is 30.3 Å². The minimum Gasteiger partial charge on any atom is -0.448 e. The Morgan fingerprint density at radius 1 is 1.47 bits per heavy atom. The Morgan fingerprint density at radius 3 is 2.71 bits per heavy atom. The molecule has 0 atom stereocenters. The Hall–Kier alpha value is -1.57. The van der Waals surface area contributed by atoms with Gasteiger partial charge in [-0.15, -0.1) is 0 Å². The standard InChI is InChI=1S/C9H14BrN5O2/c1-2-12-7-6(10)8(15-5-14-7)13-3-4-17-9(11)16/h5H,2-4H2,1H3,(H2,11,16)(H2,12,13,14,15). The van der Waals surface area contributed by atoms with Gasteiger partial charge < -0.3 is 21.1 Å². The van der Waals surface area contributed by atoms with Crippen LogP contribution in [0.25, 0.3) is 0 Å². The van der Waals surface area contributed by atoms with Gasteiger partial charge in [0.2, 0.25) is 0 Å². The molecular formula is C9H14BrN5O2. The van der Waals surface area contributed by atoms with Crippen molar-refractivity contribution < 1.29 is 9.53 Å². The SMILES string of the molecule is CCNc1ncnc(NCCOC(N)=O)c1Br. The topological polar surface area (TPSA) is 102 Å². The number of primary amides is 1. The van der Waals surface area contributed by atoms with Crippen LogP contribution in [-0.4, -0.2) is 35.8 Å². The number of carbonyl (C=O) groups is 1. The lowest BCUT2D eigenvalue weighted by Crippen LogP contribution is -2.19. The van der Waals surface area contributed by atoms with Gasteiger partial charge in [0.1, 0.15) is 29.0 Å². The Bertz CT molecular complexity index is 388. The molecule has 1 rings (SSSR count). The highest BCUT2D eigenvalue weighted by atomic mass is 79.9. The van der Waals surface area contributed by atoms with Crippen molar-refractivity contribution in [1.29, 1.82) is 0 Å². The van der Waals surface area contributed by atoms with Crippen LogP contribution in [-0.2, 0) is 4.74 Å². The summed E-state index contributed by atoms with van der Waals surface area (Å²) in [4.78, 5) is 18.5. The molecule has 94 valence electrons. The van der Waals surface area contributed by atoms with Crippen molar-refractivity contribution in [3.05, 3.63) is 10.8 Å². The lowest BCUT2D eigenvalue weighted by atomic mass is 10.5. The van der Waals surface area contributed by atoms with Crippen LogP contribution in [0.5, 0.6) is 0 Å². The van der Waals surface area contributed by atoms with E-state index in [0.29, 0.717) is 18.2 Å². The van der Waals surface area contributed by atoms with Crippen LogP contribution >= 0.6 is 15.9 Å². The molecule has 1 amide bonds. The molecule has 0 saturated carbocycles. The molecule has 1 aromatic heterocycles. The zero-order chi connectivity index (χ0) is 12.7. The predicted octanol–water partition coefficient (Wildman–Crippen LogP) is 1.18. The molecule has 0 aliphatic rings. The minimum atomic E-state index is -0.790. The fourth-order valence-corrected chi connectivity index (χ4v) is 1.59. The number of hydrogen-bond donors (Lipinski definition) is 3. The van der Waals surface area contributed by atoms with E-state index in [1.165, 1.54) is 6.33 Å². The van der Waals surface area contributed by atoms with Gasteiger partial charge in [0, 0.05) is 6.54 Å². The molecule has 0 saturated heterocycles. The smallest absolute Gasteiger partial charge is 0.404 e. The number of rotatable bonds is 6. The molecule has 0 radical (unpaired) electrons. The van der Waals surface area contributed by atoms with E-state index in [4.69, 9.17) is 5.73 Å². The van der Waals surface area contributed by atoms with Crippen LogP contribution in [0.4, 0.5) is 16.4 Å². The van der Waals surface area contributed by atoms with Gasteiger partial charge in [-0.2, -0.15) is 0 Å². The molecule has 0 bridgehead atoms. The second-order valence-corrected chi connectivity index (χ2v) is 3.80. The number of nitrogens with one attached hydrogen (secondary N) is 2. The average molecular weight is 304 g/mol. The molecule has 0 aliphatic heterocycles. The van der Waals surface area contributed by atoms with Gasteiger partial charge in [0.05, 0.1) is 6.54 Å². The summed E-state index contributed by atoms with van der Waals surface area (Å²) in [7, 11) is 0. The lowest BCUT2D eigenvalue weighted by molar-refractivity contribution is 0.161. The highest BCUT2D eigenvalue weighted by Crippen LogP contribution is 2.25. The summed E-state index contributed by atoms with van der Waals surface area (Å²) in [5.41, 5.74) is 4.83. The van der Waals surface area contributed by atoms with Crippen molar-refractivity contribution >= 4 is 33.7 Å². The molecule has 0 spiro atoms. The summed E-state index contributed by atoms with van der Waals surface area (Å²) in [6.45, 7) is 3.34. The number of aromatic nitrogens is 2. The molecular weight excluding hydrogens is 290 g/mol. The number of anilines is 2. The number of carbonyl (C=O) groups excluding carboxylic acids is 1. The van der Waals surface area contributed by atoms with Gasteiger partial charge in [-0.25, -0.2) is 14.8 Å². The number of halogens is 1. The van der Waals surface area contributed by atoms with Crippen molar-refractivity contribution in [2.45, 2.75) is 6.92 Å². The number of ether oxygens (including phenoxy) is 1. The maximum Gasteiger partial charge on any atom is 0.404 e. The van der Waals surface area contributed by atoms with Gasteiger partial charge in [-0.05, 0) is 22.9 Å². The van der Waals surface area contributed by atoms with Gasteiger partial charge in [0.15, 0.2) is 0 Å². The summed E-state index contributed by atoms with van der Waals surface area (Å²) in [6, 6.07) is 0. The van der Waals surface area contributed by atoms with Gasteiger partial charge >= 0.3 is 6.09 Å². The Labute approximate surface area is 107 Å². The quantitative estimate of drug-likeness (QED) is 0.682. The number of nitrogens with two attached hydrogens (primary N) is 1. The van der Waals surface area contributed by atoms with Gasteiger partial charge in [-0.3, -0.25) is 0 Å². The molecule has 0 unspecified atom stereocenters. The van der Waals surface area contributed by atoms with Crippen LogP contribution in [0, 0.1) is 0 Å². The van der Waals surface area contributed by atoms with Crippen LogP contribution in [0.2, 0.25) is 0 Å². The maximum atomic E-state index is 10.3. The summed E-state index contributed by atoms with van der Waals surface area (Å²) in [5, 5.41) is 6.08. The third-order valence-electron chi connectivity index (χ3n) is 1.77. The first kappa shape index (κ1) is 13.5. The van der Waals surface area contributed by atoms with E-state index in [0.717, 1.165) is 11.0 Å². The van der Waals surface area contributed by atoms with Crippen molar-refractivity contribution in [1.82, 2.24) is 9.97 Å². The molecule has 1 heterocycles. The van der Waals surface area contributed by atoms with Crippen LogP contribution in [0.1, 0.15) is 6.92 Å². The Morgan fingerprint density at radius 2 is 2.12 bits per heavy atom. The second-order valence-electron chi connectivity index (χ2n) is 3.01. The van der Waals surface area contributed by atoms with E-state index in [9.17, 15) is 4.79 Å². The highest BCUT2D eigenvalue weighted by Gasteiger charge is 2.07. The zero-order valence-electron chi connectivity index (χ0n) is 9.36. The molecule has 17 heavy (non-hydrogen) atoms. The number of nitrogens with zero attached hydrogens (tertiary/aromatic N) is 2. The normalized spacial score (nSPS) is 9.76. The van der Waals surface area contributed by atoms with Crippen LogP contribution < -0.4 is 16.4 Å². The first-order chi connectivity index (χ1) is 8.15. The molecule has 4 N–H and O–H groups in total. The predicted molar refractivity (Wildman–Crippen MR) is 67.9 cm³/mol. The van der Waals surface area contributed by atoms with E-state index >= 15 is 0 Å². The summed E-state index contributed by atoms with van der Waals surface area (Å²) in [5.74, 6) is 1.34. The highest BCUT2D eigenvalue weighted by molar-refractivity contribution is 9.10. The van der Waals surface area contributed by atoms with Crippen molar-refractivity contribution in [3.63, 3.8) is 0 Å². The van der Waals surface area contributed by atoms with Gasteiger partial charge in [0.25, 0.3) is 0 Å². The van der Waals surface area contributed by atoms with E-state index < -0.39 is 6.09 Å². The van der Waals surface area contributed by atoms with Gasteiger partial charge in [-0.1, -0.05) is 0 Å². The summed E-state index contributed by atoms with van der Waals surface area (Å²) in [6.07, 6.45) is 0.655. The molecule has 0 aromatic carbocycles. The van der Waals surface area contributed by atoms with Crippen LogP contribution in [0.15, 0.2) is 10.8 Å². The molecule has 0 fully saturated rings. The largest absolute Gasteiger partial charge is 0.448 e. The summed E-state index contributed by atoms with van der Waals surface area (Å²) < 4.78 is 5.32. The fraction of sp³-hybridized carbons (Fsp3) is 0.444. The third kappa shape index (κ3) is 4.43. The summed E-state index contributed by atoms with van der Waals surface area (Å²) >= 11 is 3.38. The fourth-order valence-electron chi connectivity index (χ4n) is 1.10. The number of hydrogen-bond acceptors (Lipinski definition) is 6. The molecule has 0 aliphatic carbocycles. The maximum absolute atomic E-state index is 10.3. The molecule has 7 nitrogen and oxygen atoms in total. The Balaban J connectivity index is 2.53. The monoisotopic (exact) mass is 303 g/mol. The first-order valence-corrected chi connectivity index (χ1v) is 5.85. The molecule has 8 heteroatoms. The van der Waals surface area contributed by atoms with Crippen LogP contribution in [0.3, 0.4) is 0 Å². The second kappa shape index (κ2) is 6.89. The first-order valence-electron chi connectivity index (χ1n) is 5.05. The number of amides is 1. The molecule has 1 aromatic rings. The Kier molecular flexibility index (Phi) is 5.47. The van der Waals surface area contributed by atoms with E-state index in [-0.39, 0.29) is 6.61 Å². The van der Waals surface area contributed by atoms with E-state index in [1.54, 1.807) is 0 Å².